The Labute approximate surface area is 120 Å². The zero-order chi connectivity index (χ0) is 14.6. The molecule has 0 saturated heterocycles. The molecule has 0 heterocycles. The predicted molar refractivity (Wildman–Crippen MR) is 76.9 cm³/mol. The smallest absolute Gasteiger partial charge is 0.412 e. The predicted octanol–water partition coefficient (Wildman–Crippen LogP) is 3.94. The maximum absolute atomic E-state index is 13.2. The van der Waals surface area contributed by atoms with E-state index >= 15 is 0 Å². The molecule has 0 saturated carbocycles. The standard InChI is InChI=1S/C13H16BrFN2O2/c1-13(2,3)19-12(18)17-11-6-8(15)4-5-9(11)10(16)7-14/h4-6,16H,7H2,1-3H3,(H,17,18). The summed E-state index contributed by atoms with van der Waals surface area (Å²) in [6.45, 7) is 5.21. The fourth-order valence-electron chi connectivity index (χ4n) is 1.37. The van der Waals surface area contributed by atoms with Crippen LogP contribution in [0.3, 0.4) is 0 Å². The van der Waals surface area contributed by atoms with Gasteiger partial charge in [0.1, 0.15) is 11.4 Å². The highest BCUT2D eigenvalue weighted by Gasteiger charge is 2.18. The molecule has 1 aromatic carbocycles. The Balaban J connectivity index is 2.96. The molecule has 0 spiro atoms. The Morgan fingerprint density at radius 3 is 2.63 bits per heavy atom. The number of benzene rings is 1. The fraction of sp³-hybridized carbons (Fsp3) is 0.385. The van der Waals surface area contributed by atoms with Crippen molar-refractivity contribution in [3.05, 3.63) is 29.6 Å². The fourth-order valence-corrected chi connectivity index (χ4v) is 1.67. The van der Waals surface area contributed by atoms with Gasteiger partial charge in [0.05, 0.1) is 11.4 Å². The molecular formula is C13H16BrFN2O2. The zero-order valence-corrected chi connectivity index (χ0v) is 12.6. The SMILES string of the molecule is CC(C)(C)OC(=O)Nc1cc(F)ccc1C(=N)CBr. The Morgan fingerprint density at radius 2 is 2.11 bits per heavy atom. The van der Waals surface area contributed by atoms with Crippen molar-refractivity contribution in [3.63, 3.8) is 0 Å². The normalized spacial score (nSPS) is 11.0. The third kappa shape index (κ3) is 4.98. The van der Waals surface area contributed by atoms with E-state index in [0.29, 0.717) is 10.9 Å². The van der Waals surface area contributed by atoms with Gasteiger partial charge in [0.15, 0.2) is 0 Å². The summed E-state index contributed by atoms with van der Waals surface area (Å²) in [5.74, 6) is -0.489. The largest absolute Gasteiger partial charge is 0.444 e. The van der Waals surface area contributed by atoms with Crippen LogP contribution in [0.15, 0.2) is 18.2 Å². The first-order chi connectivity index (χ1) is 8.73. The van der Waals surface area contributed by atoms with Gasteiger partial charge in [-0.25, -0.2) is 9.18 Å². The van der Waals surface area contributed by atoms with E-state index in [4.69, 9.17) is 10.1 Å². The van der Waals surface area contributed by atoms with E-state index in [9.17, 15) is 9.18 Å². The molecule has 0 fully saturated rings. The number of carbonyl (C=O) groups is 1. The van der Waals surface area contributed by atoms with Crippen molar-refractivity contribution in [3.8, 4) is 0 Å². The molecule has 1 amide bonds. The van der Waals surface area contributed by atoms with E-state index in [1.54, 1.807) is 20.8 Å². The van der Waals surface area contributed by atoms with Crippen LogP contribution >= 0.6 is 15.9 Å². The van der Waals surface area contributed by atoms with Crippen LogP contribution in [-0.2, 0) is 4.74 Å². The molecule has 0 bridgehead atoms. The highest BCUT2D eigenvalue weighted by atomic mass is 79.9. The number of hydrogen-bond acceptors (Lipinski definition) is 3. The summed E-state index contributed by atoms with van der Waals surface area (Å²) in [4.78, 5) is 11.7. The van der Waals surface area contributed by atoms with Crippen molar-refractivity contribution >= 4 is 33.4 Å². The summed E-state index contributed by atoms with van der Waals surface area (Å²) in [6, 6.07) is 3.86. The molecule has 6 heteroatoms. The monoisotopic (exact) mass is 330 g/mol. The lowest BCUT2D eigenvalue weighted by Gasteiger charge is -2.20. The molecule has 4 nitrogen and oxygen atoms in total. The molecular weight excluding hydrogens is 315 g/mol. The van der Waals surface area contributed by atoms with Gasteiger partial charge in [-0.2, -0.15) is 0 Å². The molecule has 0 unspecified atom stereocenters. The van der Waals surface area contributed by atoms with E-state index < -0.39 is 17.5 Å². The molecule has 0 radical (unpaired) electrons. The Hall–Kier alpha value is -1.43. The van der Waals surface area contributed by atoms with Crippen molar-refractivity contribution < 1.29 is 13.9 Å². The summed E-state index contributed by atoms with van der Waals surface area (Å²) in [5, 5.41) is 10.5. The van der Waals surface area contributed by atoms with Gasteiger partial charge >= 0.3 is 6.09 Å². The van der Waals surface area contributed by atoms with Gasteiger partial charge in [0, 0.05) is 10.9 Å². The first kappa shape index (κ1) is 15.6. The number of rotatable bonds is 3. The van der Waals surface area contributed by atoms with E-state index in [-0.39, 0.29) is 11.4 Å². The van der Waals surface area contributed by atoms with E-state index in [0.717, 1.165) is 6.07 Å². The second kappa shape index (κ2) is 6.14. The van der Waals surface area contributed by atoms with Crippen molar-refractivity contribution in [1.29, 1.82) is 5.41 Å². The molecule has 0 atom stereocenters. The van der Waals surface area contributed by atoms with E-state index in [2.05, 4.69) is 21.2 Å². The molecule has 0 aliphatic rings. The molecule has 0 aliphatic carbocycles. The molecule has 1 aromatic rings. The third-order valence-corrected chi connectivity index (χ3v) is 2.64. The number of amides is 1. The number of carbonyl (C=O) groups excluding carboxylic acids is 1. The van der Waals surface area contributed by atoms with Crippen molar-refractivity contribution in [2.75, 3.05) is 10.6 Å². The first-order valence-corrected chi connectivity index (χ1v) is 6.78. The maximum atomic E-state index is 13.2. The van der Waals surface area contributed by atoms with Crippen molar-refractivity contribution in [2.24, 2.45) is 0 Å². The minimum absolute atomic E-state index is 0.221. The topological polar surface area (TPSA) is 62.2 Å². The van der Waals surface area contributed by atoms with E-state index in [1.807, 2.05) is 0 Å². The van der Waals surface area contributed by atoms with Crippen LogP contribution in [0.5, 0.6) is 0 Å². The van der Waals surface area contributed by atoms with Crippen LogP contribution < -0.4 is 5.32 Å². The average Bonchev–Trinajstić information content (AvgIpc) is 2.25. The average molecular weight is 331 g/mol. The van der Waals surface area contributed by atoms with Crippen LogP contribution in [0.4, 0.5) is 14.9 Å². The summed E-state index contributed by atoms with van der Waals surface area (Å²) < 4.78 is 18.3. The minimum Gasteiger partial charge on any atom is -0.444 e. The van der Waals surface area contributed by atoms with Gasteiger partial charge in [0.2, 0.25) is 0 Å². The molecule has 104 valence electrons. The number of halogens is 2. The van der Waals surface area contributed by atoms with Gasteiger partial charge < -0.3 is 10.1 Å². The van der Waals surface area contributed by atoms with Gasteiger partial charge in [-0.1, -0.05) is 15.9 Å². The number of nitrogens with one attached hydrogen (secondary N) is 2. The van der Waals surface area contributed by atoms with Crippen LogP contribution in [-0.4, -0.2) is 22.7 Å². The van der Waals surface area contributed by atoms with Crippen molar-refractivity contribution in [1.82, 2.24) is 0 Å². The Bertz CT molecular complexity index is 498. The van der Waals surface area contributed by atoms with Crippen LogP contribution in [0.1, 0.15) is 26.3 Å². The summed E-state index contributed by atoms with van der Waals surface area (Å²) in [7, 11) is 0. The quantitative estimate of drug-likeness (QED) is 0.651. The molecule has 0 aromatic heterocycles. The van der Waals surface area contributed by atoms with Crippen LogP contribution in [0.25, 0.3) is 0 Å². The third-order valence-electron chi connectivity index (χ3n) is 2.08. The summed E-state index contributed by atoms with van der Waals surface area (Å²) >= 11 is 3.16. The zero-order valence-electron chi connectivity index (χ0n) is 11.0. The van der Waals surface area contributed by atoms with Crippen LogP contribution in [0.2, 0.25) is 0 Å². The number of anilines is 1. The van der Waals surface area contributed by atoms with Gasteiger partial charge in [-0.3, -0.25) is 5.32 Å². The molecule has 1 rings (SSSR count). The van der Waals surface area contributed by atoms with Crippen LogP contribution in [0, 0.1) is 11.2 Å². The first-order valence-electron chi connectivity index (χ1n) is 5.66. The lowest BCUT2D eigenvalue weighted by atomic mass is 10.1. The highest BCUT2D eigenvalue weighted by molar-refractivity contribution is 9.09. The molecule has 0 aliphatic heterocycles. The Kier molecular flexibility index (Phi) is 5.05. The number of alkyl halides is 1. The summed E-state index contributed by atoms with van der Waals surface area (Å²) in [5.41, 5.74) is 0.273. The highest BCUT2D eigenvalue weighted by Crippen LogP contribution is 2.20. The van der Waals surface area contributed by atoms with E-state index in [1.165, 1.54) is 12.1 Å². The molecule has 19 heavy (non-hydrogen) atoms. The second-order valence-corrected chi connectivity index (χ2v) is 5.49. The van der Waals surface area contributed by atoms with Gasteiger partial charge in [-0.15, -0.1) is 0 Å². The maximum Gasteiger partial charge on any atom is 0.412 e. The Morgan fingerprint density at radius 1 is 1.47 bits per heavy atom. The second-order valence-electron chi connectivity index (χ2n) is 4.93. The minimum atomic E-state index is -0.679. The van der Waals surface area contributed by atoms with Gasteiger partial charge in [-0.05, 0) is 39.0 Å². The number of ether oxygens (including phenoxy) is 1. The lowest BCUT2D eigenvalue weighted by Crippen LogP contribution is -2.27. The summed E-state index contributed by atoms with van der Waals surface area (Å²) in [6.07, 6.45) is -0.679. The lowest BCUT2D eigenvalue weighted by molar-refractivity contribution is 0.0636. The molecule has 2 N–H and O–H groups in total. The van der Waals surface area contributed by atoms with Crippen molar-refractivity contribution in [2.45, 2.75) is 26.4 Å². The van der Waals surface area contributed by atoms with Gasteiger partial charge in [0.25, 0.3) is 0 Å². The number of hydrogen-bond donors (Lipinski definition) is 2.